The highest BCUT2D eigenvalue weighted by molar-refractivity contribution is 6.03. The number of hydrogen-bond acceptors (Lipinski definition) is 5. The van der Waals surface area contributed by atoms with Gasteiger partial charge in [0, 0.05) is 23.5 Å². The zero-order valence-electron chi connectivity index (χ0n) is 19.7. The first-order valence-corrected chi connectivity index (χ1v) is 10.8. The molecule has 2 rings (SSSR count). The standard InChI is InChI=1S/C25H36N4O2/c1-7-8-21-10-13-23(14-11-21)31-16-15-26-25(28-30-6)22-12-9-20(4)24(17-22)27-18-29(5)19(2)3/h9-15,17,19,27H,7-8,16,18H2,1-6H3/b26-15?,28-25-. The number of hydrogen-bond donors (Lipinski definition) is 1. The molecule has 0 atom stereocenters. The van der Waals surface area contributed by atoms with E-state index in [1.54, 1.807) is 6.21 Å². The molecule has 6 nitrogen and oxygen atoms in total. The van der Waals surface area contributed by atoms with Crippen LogP contribution >= 0.6 is 0 Å². The van der Waals surface area contributed by atoms with E-state index in [0.717, 1.165) is 42.1 Å². The van der Waals surface area contributed by atoms with Gasteiger partial charge < -0.3 is 14.9 Å². The lowest BCUT2D eigenvalue weighted by Crippen LogP contribution is -2.31. The molecule has 0 heterocycles. The third-order valence-electron chi connectivity index (χ3n) is 5.07. The SMILES string of the molecule is CCCc1ccc(OCC=N/C(=N\OC)c2ccc(C)c(NCN(C)C(C)C)c2)cc1. The second-order valence-electron chi connectivity index (χ2n) is 7.83. The molecule has 0 aliphatic heterocycles. The van der Waals surface area contributed by atoms with Crippen LogP contribution in [-0.2, 0) is 11.3 Å². The lowest BCUT2D eigenvalue weighted by atomic mass is 10.1. The molecule has 2 aromatic rings. The Bertz CT molecular complexity index is 860. The third-order valence-corrected chi connectivity index (χ3v) is 5.07. The minimum Gasteiger partial charge on any atom is -0.488 e. The van der Waals surface area contributed by atoms with E-state index in [1.165, 1.54) is 12.7 Å². The number of nitrogens with zero attached hydrogens (tertiary/aromatic N) is 3. The maximum absolute atomic E-state index is 5.77. The Morgan fingerprint density at radius 1 is 1.16 bits per heavy atom. The number of nitrogens with one attached hydrogen (secondary N) is 1. The first-order chi connectivity index (χ1) is 14.9. The van der Waals surface area contributed by atoms with Gasteiger partial charge in [0.05, 0.1) is 6.67 Å². The molecular weight excluding hydrogens is 388 g/mol. The highest BCUT2D eigenvalue weighted by Gasteiger charge is 2.08. The van der Waals surface area contributed by atoms with E-state index >= 15 is 0 Å². The number of rotatable bonds is 11. The Balaban J connectivity index is 2.02. The largest absolute Gasteiger partial charge is 0.488 e. The summed E-state index contributed by atoms with van der Waals surface area (Å²) in [6, 6.07) is 14.8. The van der Waals surface area contributed by atoms with E-state index in [9.17, 15) is 0 Å². The zero-order chi connectivity index (χ0) is 22.6. The summed E-state index contributed by atoms with van der Waals surface area (Å²) in [6.45, 7) is 9.71. The summed E-state index contributed by atoms with van der Waals surface area (Å²) < 4.78 is 5.77. The second kappa shape index (κ2) is 12.7. The maximum atomic E-state index is 5.77. The van der Waals surface area contributed by atoms with E-state index in [2.05, 4.69) is 73.3 Å². The fourth-order valence-electron chi connectivity index (χ4n) is 2.88. The lowest BCUT2D eigenvalue weighted by molar-refractivity contribution is 0.213. The predicted octanol–water partition coefficient (Wildman–Crippen LogP) is 5.11. The summed E-state index contributed by atoms with van der Waals surface area (Å²) >= 11 is 0. The first kappa shape index (κ1) is 24.4. The van der Waals surface area contributed by atoms with Crippen molar-refractivity contribution in [1.82, 2.24) is 4.90 Å². The fourth-order valence-corrected chi connectivity index (χ4v) is 2.88. The molecule has 0 fully saturated rings. The Hall–Kier alpha value is -2.86. The topological polar surface area (TPSA) is 58.5 Å². The Kier molecular flexibility index (Phi) is 10.0. The summed E-state index contributed by atoms with van der Waals surface area (Å²) in [7, 11) is 3.62. The summed E-state index contributed by atoms with van der Waals surface area (Å²) in [5.41, 5.74) is 4.41. The van der Waals surface area contributed by atoms with Crippen molar-refractivity contribution in [2.75, 3.05) is 32.7 Å². The predicted molar refractivity (Wildman–Crippen MR) is 131 cm³/mol. The van der Waals surface area contributed by atoms with E-state index in [-0.39, 0.29) is 0 Å². The third kappa shape index (κ3) is 8.06. The second-order valence-corrected chi connectivity index (χ2v) is 7.83. The molecule has 31 heavy (non-hydrogen) atoms. The normalized spacial score (nSPS) is 12.1. The van der Waals surface area contributed by atoms with Gasteiger partial charge in [-0.25, -0.2) is 4.99 Å². The zero-order valence-corrected chi connectivity index (χ0v) is 19.7. The number of amidine groups is 1. The number of aliphatic imine (C=N–C) groups is 1. The van der Waals surface area contributed by atoms with E-state index in [0.29, 0.717) is 18.5 Å². The molecular formula is C25H36N4O2. The van der Waals surface area contributed by atoms with Crippen LogP contribution in [0.3, 0.4) is 0 Å². The van der Waals surface area contributed by atoms with Crippen molar-refractivity contribution in [1.29, 1.82) is 0 Å². The van der Waals surface area contributed by atoms with Crippen LogP contribution in [0.4, 0.5) is 5.69 Å². The van der Waals surface area contributed by atoms with Crippen LogP contribution in [0.15, 0.2) is 52.6 Å². The number of ether oxygens (including phenoxy) is 1. The minimum atomic E-state index is 0.353. The van der Waals surface area contributed by atoms with Gasteiger partial charge in [0.2, 0.25) is 0 Å². The Morgan fingerprint density at radius 3 is 2.55 bits per heavy atom. The van der Waals surface area contributed by atoms with Gasteiger partial charge in [-0.3, -0.25) is 4.90 Å². The highest BCUT2D eigenvalue weighted by Crippen LogP contribution is 2.18. The Labute approximate surface area is 187 Å². The number of benzene rings is 2. The van der Waals surface area contributed by atoms with Gasteiger partial charge in [0.15, 0.2) is 5.84 Å². The van der Waals surface area contributed by atoms with Crippen molar-refractivity contribution in [3.63, 3.8) is 0 Å². The maximum Gasteiger partial charge on any atom is 0.198 e. The summed E-state index contributed by atoms with van der Waals surface area (Å²) in [4.78, 5) is 11.7. The molecule has 0 radical (unpaired) electrons. The number of anilines is 1. The summed E-state index contributed by atoms with van der Waals surface area (Å²) in [6.07, 6.45) is 3.93. The molecule has 168 valence electrons. The van der Waals surface area contributed by atoms with Crippen LogP contribution in [0.25, 0.3) is 0 Å². The fraction of sp³-hybridized carbons (Fsp3) is 0.440. The van der Waals surface area contributed by atoms with Gasteiger partial charge in [0.25, 0.3) is 0 Å². The molecule has 6 heteroatoms. The minimum absolute atomic E-state index is 0.353. The van der Waals surface area contributed by atoms with Crippen LogP contribution in [0.1, 0.15) is 43.9 Å². The summed E-state index contributed by atoms with van der Waals surface area (Å²) in [5, 5.41) is 7.58. The van der Waals surface area contributed by atoms with Crippen molar-refractivity contribution < 1.29 is 9.57 Å². The molecule has 0 amide bonds. The van der Waals surface area contributed by atoms with Gasteiger partial charge in [-0.15, -0.1) is 0 Å². The van der Waals surface area contributed by atoms with E-state index < -0.39 is 0 Å². The van der Waals surface area contributed by atoms with Crippen LogP contribution in [0.2, 0.25) is 0 Å². The lowest BCUT2D eigenvalue weighted by Gasteiger charge is -2.22. The van der Waals surface area contributed by atoms with Gasteiger partial charge in [-0.2, -0.15) is 0 Å². The molecule has 2 aromatic carbocycles. The number of aryl methyl sites for hydroxylation is 2. The molecule has 0 bridgehead atoms. The molecule has 0 saturated heterocycles. The van der Waals surface area contributed by atoms with Crippen LogP contribution in [0, 0.1) is 6.92 Å². The average Bonchev–Trinajstić information content (AvgIpc) is 2.76. The monoisotopic (exact) mass is 424 g/mol. The molecule has 0 aliphatic carbocycles. The van der Waals surface area contributed by atoms with E-state index in [1.807, 2.05) is 24.3 Å². The van der Waals surface area contributed by atoms with E-state index in [4.69, 9.17) is 9.57 Å². The van der Waals surface area contributed by atoms with Crippen molar-refractivity contribution in [3.05, 3.63) is 59.2 Å². The van der Waals surface area contributed by atoms with Crippen molar-refractivity contribution in [2.24, 2.45) is 10.1 Å². The van der Waals surface area contributed by atoms with Crippen LogP contribution < -0.4 is 10.1 Å². The molecule has 0 aliphatic rings. The summed E-state index contributed by atoms with van der Waals surface area (Å²) in [5.74, 6) is 1.33. The quantitative estimate of drug-likeness (QED) is 0.236. The van der Waals surface area contributed by atoms with Crippen LogP contribution in [0.5, 0.6) is 5.75 Å². The van der Waals surface area contributed by atoms with Crippen molar-refractivity contribution in [2.45, 2.75) is 46.6 Å². The van der Waals surface area contributed by atoms with Gasteiger partial charge in [-0.05, 0) is 63.6 Å². The molecule has 0 unspecified atom stereocenters. The first-order valence-electron chi connectivity index (χ1n) is 10.8. The van der Waals surface area contributed by atoms with Crippen LogP contribution in [-0.4, -0.2) is 50.4 Å². The Morgan fingerprint density at radius 2 is 1.90 bits per heavy atom. The smallest absolute Gasteiger partial charge is 0.198 e. The van der Waals surface area contributed by atoms with Gasteiger partial charge >= 0.3 is 0 Å². The van der Waals surface area contributed by atoms with Gasteiger partial charge in [0.1, 0.15) is 19.5 Å². The highest BCUT2D eigenvalue weighted by atomic mass is 16.6. The van der Waals surface area contributed by atoms with Gasteiger partial charge in [-0.1, -0.05) is 42.8 Å². The molecule has 0 saturated carbocycles. The van der Waals surface area contributed by atoms with Crippen molar-refractivity contribution in [3.8, 4) is 5.75 Å². The molecule has 0 aromatic heterocycles. The average molecular weight is 425 g/mol. The molecule has 0 spiro atoms. The van der Waals surface area contributed by atoms with Crippen molar-refractivity contribution >= 4 is 17.7 Å². The molecule has 1 N–H and O–H groups in total. The number of oxime groups is 1.